The van der Waals surface area contributed by atoms with Gasteiger partial charge in [0.05, 0.1) is 6.42 Å². The molecule has 13 N–H and O–H groups in total. The van der Waals surface area contributed by atoms with Crippen LogP contribution in [-0.2, 0) is 40.0 Å². The monoisotopic (exact) mass is 689 g/mol. The van der Waals surface area contributed by atoms with Gasteiger partial charge in [-0.05, 0) is 56.2 Å². The lowest BCUT2D eigenvalue weighted by Crippen LogP contribution is -2.63. The maximum absolute atomic E-state index is 13.6. The van der Waals surface area contributed by atoms with Crippen molar-refractivity contribution in [3.8, 4) is 5.75 Å². The lowest BCUT2D eigenvalue weighted by molar-refractivity contribution is -0.148. The molecule has 1 aliphatic heterocycles. The van der Waals surface area contributed by atoms with Crippen LogP contribution >= 0.6 is 0 Å². The molecule has 0 unspecified atom stereocenters. The number of phenolic OH excluding ortho intramolecular Hbond substituents is 1. The van der Waals surface area contributed by atoms with Crippen molar-refractivity contribution in [2.45, 2.75) is 89.0 Å². The molecule has 270 valence electrons. The molecule has 1 aromatic rings. The molecule has 2 rings (SSSR count). The van der Waals surface area contributed by atoms with Crippen molar-refractivity contribution < 1.29 is 43.8 Å². The Kier molecular flexibility index (Phi) is 14.5. The molecule has 0 spiro atoms. The Morgan fingerprint density at radius 1 is 0.980 bits per heavy atom. The number of benzene rings is 1. The van der Waals surface area contributed by atoms with Gasteiger partial charge < -0.3 is 54.0 Å². The van der Waals surface area contributed by atoms with Crippen LogP contribution in [0.2, 0.25) is 0 Å². The van der Waals surface area contributed by atoms with Gasteiger partial charge >= 0.3 is 5.97 Å². The number of carbonyl (C=O) groups excluding carboxylic acids is 6. The summed E-state index contributed by atoms with van der Waals surface area (Å²) in [5, 5.41) is 26.4. The number of carbonyl (C=O) groups is 7. The molecule has 0 radical (unpaired) electrons. The number of primary amides is 1. The Hall–Kier alpha value is -5.26. The number of Topliss-reactive ketones (excluding diaryl/α,β-unsaturated/α-hetero) is 1. The number of aliphatic imine (C=N–C) groups is 1. The molecule has 1 fully saturated rings. The quantitative estimate of drug-likeness (QED) is 0.0330. The smallest absolute Gasteiger partial charge is 0.305 e. The van der Waals surface area contributed by atoms with Crippen LogP contribution in [0, 0.1) is 5.92 Å². The first-order valence-electron chi connectivity index (χ1n) is 15.7. The van der Waals surface area contributed by atoms with Gasteiger partial charge in [-0.15, -0.1) is 0 Å². The van der Waals surface area contributed by atoms with Crippen molar-refractivity contribution in [2.24, 2.45) is 33.8 Å². The second-order valence-electron chi connectivity index (χ2n) is 12.3. The van der Waals surface area contributed by atoms with Crippen molar-refractivity contribution in [1.82, 2.24) is 20.9 Å². The molecule has 0 saturated carbocycles. The van der Waals surface area contributed by atoms with Gasteiger partial charge in [0.2, 0.25) is 23.6 Å². The highest BCUT2D eigenvalue weighted by Crippen LogP contribution is 2.24. The van der Waals surface area contributed by atoms with E-state index in [2.05, 4.69) is 20.9 Å². The zero-order chi connectivity index (χ0) is 37.1. The first kappa shape index (κ1) is 39.9. The van der Waals surface area contributed by atoms with Gasteiger partial charge in [-0.1, -0.05) is 26.0 Å². The summed E-state index contributed by atoms with van der Waals surface area (Å²) in [6.45, 7) is 4.53. The van der Waals surface area contributed by atoms with E-state index in [-0.39, 0.29) is 50.5 Å². The summed E-state index contributed by atoms with van der Waals surface area (Å²) in [5.41, 5.74) is 21.0. The maximum Gasteiger partial charge on any atom is 0.305 e. The van der Waals surface area contributed by atoms with Gasteiger partial charge in [0.25, 0.3) is 5.91 Å². The Bertz CT molecular complexity index is 1430. The van der Waals surface area contributed by atoms with Crippen molar-refractivity contribution in [1.29, 1.82) is 0 Å². The SMILES string of the molecule is CC(=O)[C@](N)(CCCN=C(N)N)C(=O)N1CCC[C@H]1C(=O)N[C@@H](CC(=O)O)C(=O)N[C@H](C(=O)N[C@@H](Cc1ccc(O)cc1)C(N)=O)C(C)C. The average molecular weight is 690 g/mol. The predicted molar refractivity (Wildman–Crippen MR) is 176 cm³/mol. The van der Waals surface area contributed by atoms with E-state index in [9.17, 15) is 43.8 Å². The molecular weight excluding hydrogens is 642 g/mol. The number of hydrogen-bond donors (Lipinski definition) is 9. The van der Waals surface area contributed by atoms with E-state index in [0.29, 0.717) is 12.0 Å². The predicted octanol–water partition coefficient (Wildman–Crippen LogP) is -2.66. The zero-order valence-corrected chi connectivity index (χ0v) is 27.8. The van der Waals surface area contributed by atoms with Gasteiger partial charge in [0.1, 0.15) is 29.9 Å². The van der Waals surface area contributed by atoms with E-state index < -0.39 is 83.3 Å². The molecule has 5 atom stereocenters. The normalized spacial score (nSPS) is 17.2. The topological polar surface area (TPSA) is 316 Å². The standard InChI is InChI=1S/C31H47N9O9/c1-16(2)24(28(48)37-20(25(32)45)14-18-7-9-19(42)10-8-18)39-26(46)21(15-23(43)44)38-27(47)22-6-4-13-40(22)29(49)31(35,17(3)41)11-5-12-36-30(33)34/h7-10,16,20-22,24,42H,4-6,11-15,35H2,1-3H3,(H2,32,45)(H,37,48)(H,38,47)(H,39,46)(H,43,44)(H4,33,34,36)/t20-,21-,22-,24-,31+/m0/s1. The summed E-state index contributed by atoms with van der Waals surface area (Å²) in [4.78, 5) is 95.0. The average Bonchev–Trinajstić information content (AvgIpc) is 3.51. The number of nitrogens with zero attached hydrogens (tertiary/aromatic N) is 2. The number of likely N-dealkylation sites (tertiary alicyclic amines) is 1. The summed E-state index contributed by atoms with van der Waals surface area (Å²) in [6, 6.07) is 0.576. The molecule has 0 aliphatic carbocycles. The summed E-state index contributed by atoms with van der Waals surface area (Å²) < 4.78 is 0. The fourth-order valence-corrected chi connectivity index (χ4v) is 5.33. The lowest BCUT2D eigenvalue weighted by Gasteiger charge is -2.34. The molecule has 5 amide bonds. The van der Waals surface area contributed by atoms with Gasteiger partial charge in [0, 0.05) is 19.5 Å². The molecule has 1 saturated heterocycles. The number of aliphatic carboxylic acids is 1. The van der Waals surface area contributed by atoms with E-state index in [1.807, 2.05) is 0 Å². The van der Waals surface area contributed by atoms with Crippen LogP contribution in [0.3, 0.4) is 0 Å². The van der Waals surface area contributed by atoms with Crippen LogP contribution < -0.4 is 38.9 Å². The number of ketones is 1. The third-order valence-electron chi connectivity index (χ3n) is 8.14. The second kappa shape index (κ2) is 17.8. The molecule has 18 nitrogen and oxygen atoms in total. The van der Waals surface area contributed by atoms with Crippen molar-refractivity contribution in [2.75, 3.05) is 13.1 Å². The molecule has 49 heavy (non-hydrogen) atoms. The highest BCUT2D eigenvalue weighted by molar-refractivity contribution is 6.10. The number of carboxylic acid groups (broad SMARTS) is 1. The van der Waals surface area contributed by atoms with E-state index in [1.165, 1.54) is 12.1 Å². The van der Waals surface area contributed by atoms with Crippen molar-refractivity contribution >= 4 is 47.2 Å². The Balaban J connectivity index is 2.20. The number of hydrogen-bond acceptors (Lipinski definition) is 10. The number of carboxylic acids is 1. The second-order valence-corrected chi connectivity index (χ2v) is 12.3. The molecule has 18 heteroatoms. The fourth-order valence-electron chi connectivity index (χ4n) is 5.33. The number of guanidine groups is 1. The lowest BCUT2D eigenvalue weighted by atomic mass is 9.88. The van der Waals surface area contributed by atoms with E-state index in [4.69, 9.17) is 22.9 Å². The van der Waals surface area contributed by atoms with E-state index in [0.717, 1.165) is 11.8 Å². The van der Waals surface area contributed by atoms with E-state index in [1.54, 1.807) is 26.0 Å². The maximum atomic E-state index is 13.6. The zero-order valence-electron chi connectivity index (χ0n) is 27.8. The summed E-state index contributed by atoms with van der Waals surface area (Å²) in [6.07, 6.45) is -0.299. The number of amides is 5. The summed E-state index contributed by atoms with van der Waals surface area (Å²) in [5.74, 6) is -7.14. The highest BCUT2D eigenvalue weighted by atomic mass is 16.4. The fraction of sp³-hybridized carbons (Fsp3) is 0.548. The summed E-state index contributed by atoms with van der Waals surface area (Å²) >= 11 is 0. The van der Waals surface area contributed by atoms with Crippen LogP contribution in [0.1, 0.15) is 58.4 Å². The Morgan fingerprint density at radius 3 is 2.14 bits per heavy atom. The minimum atomic E-state index is -1.98. The molecule has 1 heterocycles. The number of nitrogens with two attached hydrogens (primary N) is 4. The molecular formula is C31H47N9O9. The number of aromatic hydroxyl groups is 1. The number of nitrogens with one attached hydrogen (secondary N) is 3. The largest absolute Gasteiger partial charge is 0.508 e. The minimum absolute atomic E-state index is 0.000727. The molecule has 0 aromatic heterocycles. The number of phenols is 1. The molecule has 1 aliphatic rings. The number of rotatable bonds is 18. The minimum Gasteiger partial charge on any atom is -0.508 e. The van der Waals surface area contributed by atoms with Crippen LogP contribution in [0.5, 0.6) is 5.75 Å². The van der Waals surface area contributed by atoms with Crippen molar-refractivity contribution in [3.05, 3.63) is 29.8 Å². The molecule has 1 aromatic carbocycles. The Labute approximate surface area is 283 Å². The highest BCUT2D eigenvalue weighted by Gasteiger charge is 2.46. The van der Waals surface area contributed by atoms with Crippen LogP contribution in [0.25, 0.3) is 0 Å². The van der Waals surface area contributed by atoms with E-state index >= 15 is 0 Å². The van der Waals surface area contributed by atoms with Gasteiger partial charge in [0.15, 0.2) is 17.3 Å². The first-order chi connectivity index (χ1) is 22.9. The van der Waals surface area contributed by atoms with Crippen LogP contribution in [0.4, 0.5) is 0 Å². The van der Waals surface area contributed by atoms with Gasteiger partial charge in [-0.3, -0.25) is 38.6 Å². The van der Waals surface area contributed by atoms with Gasteiger partial charge in [-0.25, -0.2) is 0 Å². The van der Waals surface area contributed by atoms with Gasteiger partial charge in [-0.2, -0.15) is 0 Å². The third kappa shape index (κ3) is 11.4. The third-order valence-corrected chi connectivity index (χ3v) is 8.14. The summed E-state index contributed by atoms with van der Waals surface area (Å²) in [7, 11) is 0. The van der Waals surface area contributed by atoms with Crippen LogP contribution in [-0.4, -0.2) is 105 Å². The Morgan fingerprint density at radius 2 is 1.61 bits per heavy atom. The molecule has 0 bridgehead atoms. The van der Waals surface area contributed by atoms with Crippen LogP contribution in [0.15, 0.2) is 29.3 Å². The first-order valence-corrected chi connectivity index (χ1v) is 15.7. The van der Waals surface area contributed by atoms with Crippen molar-refractivity contribution in [3.63, 3.8) is 0 Å².